The summed E-state index contributed by atoms with van der Waals surface area (Å²) in [6.45, 7) is 4.97. The Morgan fingerprint density at radius 1 is 1.32 bits per heavy atom. The fourth-order valence-electron chi connectivity index (χ4n) is 1.64. The molecule has 0 spiro atoms. The van der Waals surface area contributed by atoms with Crippen LogP contribution in [0, 0.1) is 0 Å². The molecule has 0 aliphatic carbocycles. The molecular weight excluding hydrogens is 312 g/mol. The molecular formula is C14H15BrO4. The molecule has 1 aromatic rings. The van der Waals surface area contributed by atoms with Gasteiger partial charge in [-0.3, -0.25) is 0 Å². The molecule has 0 atom stereocenters. The molecule has 0 unspecified atom stereocenters. The van der Waals surface area contributed by atoms with Gasteiger partial charge in [0.25, 0.3) is 0 Å². The van der Waals surface area contributed by atoms with E-state index in [1.54, 1.807) is 0 Å². The minimum atomic E-state index is -0.346. The Hall–Kier alpha value is -1.49. The third-order valence-electron chi connectivity index (χ3n) is 2.49. The van der Waals surface area contributed by atoms with Crippen molar-refractivity contribution >= 4 is 21.9 Å². The van der Waals surface area contributed by atoms with Gasteiger partial charge in [0.2, 0.25) is 0 Å². The molecule has 1 aromatic carbocycles. The fourth-order valence-corrected chi connectivity index (χ4v) is 2.08. The van der Waals surface area contributed by atoms with Crippen LogP contribution >= 0.6 is 15.9 Å². The van der Waals surface area contributed by atoms with Gasteiger partial charge in [0.1, 0.15) is 19.8 Å². The lowest BCUT2D eigenvalue weighted by Gasteiger charge is -2.19. The van der Waals surface area contributed by atoms with Crippen molar-refractivity contribution in [2.75, 3.05) is 13.2 Å². The fraction of sp³-hybridized carbons (Fsp3) is 0.357. The van der Waals surface area contributed by atoms with E-state index in [9.17, 15) is 4.79 Å². The van der Waals surface area contributed by atoms with Crippen LogP contribution in [-0.2, 0) is 16.1 Å². The Morgan fingerprint density at radius 3 is 2.58 bits per heavy atom. The van der Waals surface area contributed by atoms with E-state index in [0.717, 1.165) is 15.6 Å². The van der Waals surface area contributed by atoms with Crippen molar-refractivity contribution in [3.05, 3.63) is 33.8 Å². The molecule has 1 aliphatic heterocycles. The first-order chi connectivity index (χ1) is 9.06. The smallest absolute Gasteiger partial charge is 0.331 e. The molecule has 0 saturated carbocycles. The number of benzene rings is 1. The lowest BCUT2D eigenvalue weighted by Crippen LogP contribution is -2.15. The van der Waals surface area contributed by atoms with E-state index >= 15 is 0 Å². The second-order valence-corrected chi connectivity index (χ2v) is 5.27. The molecule has 102 valence electrons. The van der Waals surface area contributed by atoms with Crippen LogP contribution in [0.5, 0.6) is 11.5 Å². The summed E-state index contributed by atoms with van der Waals surface area (Å²) in [7, 11) is 0. The number of halogens is 1. The number of esters is 1. The summed E-state index contributed by atoms with van der Waals surface area (Å²) >= 11 is 3.43. The summed E-state index contributed by atoms with van der Waals surface area (Å²) in [6.07, 6.45) is 1.46. The Labute approximate surface area is 120 Å². The zero-order valence-corrected chi connectivity index (χ0v) is 12.5. The van der Waals surface area contributed by atoms with Crippen molar-refractivity contribution in [3.8, 4) is 11.5 Å². The van der Waals surface area contributed by atoms with Crippen LogP contribution in [0.25, 0.3) is 0 Å². The maximum atomic E-state index is 11.5. The first-order valence-corrected chi connectivity index (χ1v) is 6.75. The van der Waals surface area contributed by atoms with E-state index in [4.69, 9.17) is 14.2 Å². The van der Waals surface area contributed by atoms with Crippen molar-refractivity contribution in [1.82, 2.24) is 0 Å². The number of rotatable bonds is 3. The topological polar surface area (TPSA) is 44.8 Å². The standard InChI is InChI=1S/C14H15BrO4/c1-9(2)5-14(16)19-8-10-6-12-13(7-11(10)15)18-4-3-17-12/h5-7H,3-4,8H2,1-2H3. The highest BCUT2D eigenvalue weighted by Gasteiger charge is 2.15. The molecule has 0 bridgehead atoms. The van der Waals surface area contributed by atoms with Gasteiger partial charge in [-0.15, -0.1) is 0 Å². The predicted molar refractivity (Wildman–Crippen MR) is 74.4 cm³/mol. The number of hydrogen-bond acceptors (Lipinski definition) is 4. The average molecular weight is 327 g/mol. The summed E-state index contributed by atoms with van der Waals surface area (Å²) in [5.74, 6) is 1.04. The lowest BCUT2D eigenvalue weighted by molar-refractivity contribution is -0.139. The van der Waals surface area contributed by atoms with Gasteiger partial charge in [0.15, 0.2) is 11.5 Å². The minimum absolute atomic E-state index is 0.194. The Bertz CT molecular complexity index is 518. The van der Waals surface area contributed by atoms with Gasteiger partial charge in [-0.05, 0) is 26.0 Å². The molecule has 0 aromatic heterocycles. The van der Waals surface area contributed by atoms with E-state index in [0.29, 0.717) is 24.7 Å². The summed E-state index contributed by atoms with van der Waals surface area (Å²) in [6, 6.07) is 3.66. The molecule has 0 amide bonds. The quantitative estimate of drug-likeness (QED) is 0.632. The number of ether oxygens (including phenoxy) is 3. The zero-order valence-electron chi connectivity index (χ0n) is 10.9. The van der Waals surface area contributed by atoms with Crippen molar-refractivity contribution in [2.45, 2.75) is 20.5 Å². The van der Waals surface area contributed by atoms with Gasteiger partial charge in [-0.2, -0.15) is 0 Å². The van der Waals surface area contributed by atoms with Crippen molar-refractivity contribution in [1.29, 1.82) is 0 Å². The summed E-state index contributed by atoms with van der Waals surface area (Å²) in [5.41, 5.74) is 1.76. The van der Waals surface area contributed by atoms with E-state index in [2.05, 4.69) is 15.9 Å². The Balaban J connectivity index is 2.08. The van der Waals surface area contributed by atoms with Gasteiger partial charge in [-0.25, -0.2) is 4.79 Å². The van der Waals surface area contributed by atoms with Gasteiger partial charge in [-0.1, -0.05) is 21.5 Å². The molecule has 5 heteroatoms. The first kappa shape index (κ1) is 13.9. The Morgan fingerprint density at radius 2 is 1.95 bits per heavy atom. The molecule has 1 aliphatic rings. The predicted octanol–water partition coefficient (Wildman–Crippen LogP) is 3.23. The SMILES string of the molecule is CC(C)=CC(=O)OCc1cc2c(cc1Br)OCCO2. The second kappa shape index (κ2) is 6.10. The van der Waals surface area contributed by atoms with Crippen molar-refractivity contribution in [2.24, 2.45) is 0 Å². The molecule has 0 radical (unpaired) electrons. The third-order valence-corrected chi connectivity index (χ3v) is 3.23. The molecule has 0 N–H and O–H groups in total. The zero-order chi connectivity index (χ0) is 13.8. The van der Waals surface area contributed by atoms with Crippen molar-refractivity contribution < 1.29 is 19.0 Å². The van der Waals surface area contributed by atoms with Crippen LogP contribution in [0.3, 0.4) is 0 Å². The molecule has 19 heavy (non-hydrogen) atoms. The van der Waals surface area contributed by atoms with E-state index in [1.807, 2.05) is 26.0 Å². The number of fused-ring (bicyclic) bond motifs is 1. The lowest BCUT2D eigenvalue weighted by atomic mass is 10.2. The molecule has 1 heterocycles. The first-order valence-electron chi connectivity index (χ1n) is 5.96. The van der Waals surface area contributed by atoms with Crippen LogP contribution in [-0.4, -0.2) is 19.2 Å². The summed E-state index contributed by atoms with van der Waals surface area (Å²) < 4.78 is 17.0. The second-order valence-electron chi connectivity index (χ2n) is 4.42. The minimum Gasteiger partial charge on any atom is -0.486 e. The number of carbonyl (C=O) groups is 1. The number of carbonyl (C=O) groups excluding carboxylic acids is 1. The molecule has 4 nitrogen and oxygen atoms in total. The largest absolute Gasteiger partial charge is 0.486 e. The van der Waals surface area contributed by atoms with Crippen LogP contribution < -0.4 is 9.47 Å². The highest BCUT2D eigenvalue weighted by atomic mass is 79.9. The van der Waals surface area contributed by atoms with Crippen LogP contribution in [0.1, 0.15) is 19.4 Å². The van der Waals surface area contributed by atoms with Gasteiger partial charge in [0, 0.05) is 16.1 Å². The average Bonchev–Trinajstić information content (AvgIpc) is 2.35. The normalized spacial score (nSPS) is 12.8. The highest BCUT2D eigenvalue weighted by molar-refractivity contribution is 9.10. The van der Waals surface area contributed by atoms with E-state index < -0.39 is 0 Å². The third kappa shape index (κ3) is 3.73. The van der Waals surface area contributed by atoms with Gasteiger partial charge < -0.3 is 14.2 Å². The summed E-state index contributed by atoms with van der Waals surface area (Å²) in [5, 5.41) is 0. The maximum Gasteiger partial charge on any atom is 0.331 e. The van der Waals surface area contributed by atoms with Gasteiger partial charge >= 0.3 is 5.97 Å². The highest BCUT2D eigenvalue weighted by Crippen LogP contribution is 2.35. The van der Waals surface area contributed by atoms with Crippen molar-refractivity contribution in [3.63, 3.8) is 0 Å². The maximum absolute atomic E-state index is 11.5. The summed E-state index contributed by atoms with van der Waals surface area (Å²) in [4.78, 5) is 11.5. The van der Waals surface area contributed by atoms with Crippen LogP contribution in [0.2, 0.25) is 0 Å². The van der Waals surface area contributed by atoms with Crippen LogP contribution in [0.15, 0.2) is 28.3 Å². The van der Waals surface area contributed by atoms with Gasteiger partial charge in [0.05, 0.1) is 0 Å². The molecule has 0 fully saturated rings. The Kier molecular flexibility index (Phi) is 4.47. The molecule has 2 rings (SSSR count). The number of hydrogen-bond donors (Lipinski definition) is 0. The monoisotopic (exact) mass is 326 g/mol. The van der Waals surface area contributed by atoms with E-state index in [1.165, 1.54) is 6.08 Å². The number of allylic oxidation sites excluding steroid dienone is 1. The van der Waals surface area contributed by atoms with E-state index in [-0.39, 0.29) is 12.6 Å². The molecule has 0 saturated heterocycles. The van der Waals surface area contributed by atoms with Crippen LogP contribution in [0.4, 0.5) is 0 Å².